The van der Waals surface area contributed by atoms with Crippen molar-refractivity contribution in [3.63, 3.8) is 0 Å². The van der Waals surface area contributed by atoms with E-state index >= 15 is 0 Å². The van der Waals surface area contributed by atoms with E-state index in [1.54, 1.807) is 0 Å². The molecule has 18 heavy (non-hydrogen) atoms. The molecular formula is C16H26N2. The second-order valence-electron chi connectivity index (χ2n) is 5.18. The summed E-state index contributed by atoms with van der Waals surface area (Å²) in [5.41, 5.74) is 3.02. The predicted octanol–water partition coefficient (Wildman–Crippen LogP) is 3.22. The minimum atomic E-state index is 1.15. The Morgan fingerprint density at radius 3 is 2.94 bits per heavy atom. The van der Waals surface area contributed by atoms with Crippen LogP contribution in [0, 0.1) is 0 Å². The molecule has 1 aromatic rings. The van der Waals surface area contributed by atoms with Crippen LogP contribution in [0.15, 0.2) is 24.3 Å². The number of nitrogens with one attached hydrogen (secondary N) is 1. The first-order valence-corrected chi connectivity index (χ1v) is 7.45. The molecule has 2 heteroatoms. The Hall–Kier alpha value is -1.02. The van der Waals surface area contributed by atoms with Gasteiger partial charge in [-0.2, -0.15) is 0 Å². The maximum absolute atomic E-state index is 3.49. The molecule has 0 fully saturated rings. The molecule has 0 saturated carbocycles. The molecule has 1 N–H and O–H groups in total. The highest BCUT2D eigenvalue weighted by atomic mass is 15.1. The second-order valence-corrected chi connectivity index (χ2v) is 5.18. The highest BCUT2D eigenvalue weighted by Crippen LogP contribution is 2.25. The maximum atomic E-state index is 3.49. The van der Waals surface area contributed by atoms with E-state index in [1.807, 2.05) is 0 Å². The van der Waals surface area contributed by atoms with Crippen molar-refractivity contribution in [1.82, 2.24) is 5.32 Å². The lowest BCUT2D eigenvalue weighted by Gasteiger charge is -2.25. The molecule has 0 atom stereocenters. The van der Waals surface area contributed by atoms with E-state index in [4.69, 9.17) is 0 Å². The third kappa shape index (κ3) is 3.74. The monoisotopic (exact) mass is 246 g/mol. The summed E-state index contributed by atoms with van der Waals surface area (Å²) in [6, 6.07) is 8.93. The number of nitrogens with zero attached hydrogens (tertiary/aromatic N) is 1. The molecule has 1 aromatic carbocycles. The van der Waals surface area contributed by atoms with Gasteiger partial charge in [-0.3, -0.25) is 0 Å². The van der Waals surface area contributed by atoms with Crippen LogP contribution in [-0.4, -0.2) is 26.2 Å². The van der Waals surface area contributed by atoms with Gasteiger partial charge in [0.2, 0.25) is 0 Å². The number of aryl methyl sites for hydroxylation is 1. The van der Waals surface area contributed by atoms with Gasteiger partial charge in [0.1, 0.15) is 0 Å². The fraction of sp³-hybridized carbons (Fsp3) is 0.625. The third-order valence-electron chi connectivity index (χ3n) is 3.66. The molecule has 100 valence electrons. The zero-order valence-corrected chi connectivity index (χ0v) is 11.6. The minimum absolute atomic E-state index is 1.15. The Balaban J connectivity index is 1.88. The lowest BCUT2D eigenvalue weighted by molar-refractivity contribution is 0.620. The summed E-state index contributed by atoms with van der Waals surface area (Å²) >= 11 is 0. The molecular weight excluding hydrogens is 220 g/mol. The van der Waals surface area contributed by atoms with Crippen LogP contribution in [0.2, 0.25) is 0 Å². The van der Waals surface area contributed by atoms with Crippen LogP contribution < -0.4 is 10.2 Å². The number of hydrogen-bond donors (Lipinski definition) is 1. The van der Waals surface area contributed by atoms with Crippen LogP contribution in [0.4, 0.5) is 5.69 Å². The lowest BCUT2D eigenvalue weighted by Crippen LogP contribution is -2.28. The van der Waals surface area contributed by atoms with Gasteiger partial charge >= 0.3 is 0 Å². The number of fused-ring (bicyclic) bond motifs is 1. The summed E-state index contributed by atoms with van der Waals surface area (Å²) in [6.45, 7) is 6.93. The number of rotatable bonds is 6. The molecule has 1 aliphatic heterocycles. The van der Waals surface area contributed by atoms with Gasteiger partial charge in [-0.25, -0.2) is 0 Å². The van der Waals surface area contributed by atoms with Crippen molar-refractivity contribution in [3.05, 3.63) is 29.8 Å². The highest BCUT2D eigenvalue weighted by Gasteiger charge is 2.13. The molecule has 1 aliphatic rings. The molecule has 0 amide bonds. The van der Waals surface area contributed by atoms with E-state index in [0.29, 0.717) is 0 Å². The fourth-order valence-electron chi connectivity index (χ4n) is 2.70. The van der Waals surface area contributed by atoms with Crippen molar-refractivity contribution in [1.29, 1.82) is 0 Å². The molecule has 0 spiro atoms. The van der Waals surface area contributed by atoms with Crippen LogP contribution in [-0.2, 0) is 6.42 Å². The van der Waals surface area contributed by atoms with Gasteiger partial charge in [0.15, 0.2) is 0 Å². The van der Waals surface area contributed by atoms with Crippen LogP contribution in [0.3, 0.4) is 0 Å². The highest BCUT2D eigenvalue weighted by molar-refractivity contribution is 5.54. The summed E-state index contributed by atoms with van der Waals surface area (Å²) < 4.78 is 0. The van der Waals surface area contributed by atoms with Gasteiger partial charge in [0.25, 0.3) is 0 Å². The third-order valence-corrected chi connectivity index (χ3v) is 3.66. The van der Waals surface area contributed by atoms with E-state index in [1.165, 1.54) is 56.4 Å². The molecule has 0 saturated heterocycles. The quantitative estimate of drug-likeness (QED) is 0.775. The minimum Gasteiger partial charge on any atom is -0.371 e. The predicted molar refractivity (Wildman–Crippen MR) is 79.4 cm³/mol. The van der Waals surface area contributed by atoms with Gasteiger partial charge in [0.05, 0.1) is 0 Å². The Bertz CT molecular complexity index is 349. The summed E-state index contributed by atoms with van der Waals surface area (Å²) in [5, 5.41) is 3.49. The molecule has 0 aromatic heterocycles. The Labute approximate surface area is 111 Å². The van der Waals surface area contributed by atoms with Crippen LogP contribution >= 0.6 is 0 Å². The SMILES string of the molecule is CCCNCCCN1CCCCc2ccccc21. The average Bonchev–Trinajstić information content (AvgIpc) is 2.61. The molecule has 2 nitrogen and oxygen atoms in total. The van der Waals surface area contributed by atoms with Crippen molar-refractivity contribution < 1.29 is 0 Å². The first kappa shape index (κ1) is 13.4. The molecule has 0 aliphatic carbocycles. The standard InChI is InChI=1S/C16H26N2/c1-2-11-17-12-7-14-18-13-6-5-9-15-8-3-4-10-16(15)18/h3-4,8,10,17H,2,5-7,9,11-14H2,1H3. The van der Waals surface area contributed by atoms with E-state index in [9.17, 15) is 0 Å². The first-order valence-electron chi connectivity index (χ1n) is 7.45. The Morgan fingerprint density at radius 2 is 2.06 bits per heavy atom. The van der Waals surface area contributed by atoms with Gasteiger partial charge < -0.3 is 10.2 Å². The first-order chi connectivity index (χ1) is 8.92. The number of hydrogen-bond acceptors (Lipinski definition) is 2. The topological polar surface area (TPSA) is 15.3 Å². The van der Waals surface area contributed by atoms with E-state index in [2.05, 4.69) is 41.4 Å². The molecule has 1 heterocycles. The van der Waals surface area contributed by atoms with Crippen LogP contribution in [0.1, 0.15) is 38.2 Å². The van der Waals surface area contributed by atoms with Crippen LogP contribution in [0.25, 0.3) is 0 Å². The number of anilines is 1. The van der Waals surface area contributed by atoms with E-state index in [-0.39, 0.29) is 0 Å². The van der Waals surface area contributed by atoms with Crippen molar-refractivity contribution in [3.8, 4) is 0 Å². The van der Waals surface area contributed by atoms with Gasteiger partial charge in [-0.15, -0.1) is 0 Å². The zero-order chi connectivity index (χ0) is 12.6. The van der Waals surface area contributed by atoms with Gasteiger partial charge in [-0.1, -0.05) is 25.1 Å². The van der Waals surface area contributed by atoms with Crippen molar-refractivity contribution in [2.45, 2.75) is 39.0 Å². The largest absolute Gasteiger partial charge is 0.371 e. The smallest absolute Gasteiger partial charge is 0.0398 e. The Kier molecular flexibility index (Phi) is 5.53. The summed E-state index contributed by atoms with van der Waals surface area (Å²) in [4.78, 5) is 2.58. The molecule has 0 radical (unpaired) electrons. The Morgan fingerprint density at radius 1 is 1.17 bits per heavy atom. The lowest BCUT2D eigenvalue weighted by atomic mass is 10.1. The fourth-order valence-corrected chi connectivity index (χ4v) is 2.70. The molecule has 2 rings (SSSR count). The zero-order valence-electron chi connectivity index (χ0n) is 11.6. The van der Waals surface area contributed by atoms with Crippen molar-refractivity contribution in [2.24, 2.45) is 0 Å². The molecule has 0 unspecified atom stereocenters. The van der Waals surface area contributed by atoms with Gasteiger partial charge in [0, 0.05) is 18.8 Å². The van der Waals surface area contributed by atoms with Gasteiger partial charge in [-0.05, 0) is 56.8 Å². The van der Waals surface area contributed by atoms with Crippen molar-refractivity contribution in [2.75, 3.05) is 31.1 Å². The summed E-state index contributed by atoms with van der Waals surface area (Å²) in [5.74, 6) is 0. The number of benzene rings is 1. The summed E-state index contributed by atoms with van der Waals surface area (Å²) in [6.07, 6.45) is 6.39. The number of para-hydroxylation sites is 1. The van der Waals surface area contributed by atoms with Crippen molar-refractivity contribution >= 4 is 5.69 Å². The summed E-state index contributed by atoms with van der Waals surface area (Å²) in [7, 11) is 0. The molecule has 0 bridgehead atoms. The second kappa shape index (κ2) is 7.42. The van der Waals surface area contributed by atoms with E-state index < -0.39 is 0 Å². The maximum Gasteiger partial charge on any atom is 0.0398 e. The average molecular weight is 246 g/mol. The normalized spacial score (nSPS) is 15.3. The van der Waals surface area contributed by atoms with E-state index in [0.717, 1.165) is 13.1 Å². The van der Waals surface area contributed by atoms with Crippen LogP contribution in [0.5, 0.6) is 0 Å².